The number of furan rings is 1. The molecule has 2 aromatic rings. The molecule has 1 aromatic heterocycles. The fourth-order valence-electron chi connectivity index (χ4n) is 3.52. The number of carbonyl (C=O) groups is 2. The second kappa shape index (κ2) is 8.24. The maximum absolute atomic E-state index is 13.0. The number of non-ortho nitro benzene ring substituents is 1. The number of nitro groups is 1. The number of likely N-dealkylation sites (tertiary alicyclic amines) is 1. The Labute approximate surface area is 162 Å². The van der Waals surface area contributed by atoms with Crippen LogP contribution < -0.4 is 0 Å². The standard InChI is InChI=1S/C20H23N3O5/c1-14(15-6-3-8-17(12-15)23(26)27)21(2)19(24)16-7-4-10-22(13-16)20(25)18-9-5-11-28-18/h3,5-6,8-9,11-12,14,16H,4,7,10,13H2,1-2H3. The highest BCUT2D eigenvalue weighted by Crippen LogP contribution is 2.27. The number of hydrogen-bond acceptors (Lipinski definition) is 5. The predicted octanol–water partition coefficient (Wildman–Crippen LogP) is 3.26. The zero-order chi connectivity index (χ0) is 20.3. The molecular weight excluding hydrogens is 362 g/mol. The monoisotopic (exact) mass is 385 g/mol. The second-order valence-electron chi connectivity index (χ2n) is 7.04. The van der Waals surface area contributed by atoms with Crippen molar-refractivity contribution in [1.29, 1.82) is 0 Å². The number of hydrogen-bond donors (Lipinski definition) is 0. The lowest BCUT2D eigenvalue weighted by Crippen LogP contribution is -2.46. The molecule has 1 aromatic carbocycles. The van der Waals surface area contributed by atoms with Gasteiger partial charge in [-0.1, -0.05) is 12.1 Å². The highest BCUT2D eigenvalue weighted by atomic mass is 16.6. The molecule has 2 amide bonds. The second-order valence-corrected chi connectivity index (χ2v) is 7.04. The maximum atomic E-state index is 13.0. The Morgan fingerprint density at radius 2 is 2.11 bits per heavy atom. The molecule has 2 atom stereocenters. The van der Waals surface area contributed by atoms with E-state index in [4.69, 9.17) is 4.42 Å². The number of nitro benzene ring substituents is 1. The number of benzene rings is 1. The van der Waals surface area contributed by atoms with Crippen molar-refractivity contribution in [2.75, 3.05) is 20.1 Å². The van der Waals surface area contributed by atoms with Gasteiger partial charge in [-0.05, 0) is 37.5 Å². The van der Waals surface area contributed by atoms with Crippen LogP contribution in [0.15, 0.2) is 47.1 Å². The number of piperidine rings is 1. The van der Waals surface area contributed by atoms with E-state index in [0.717, 1.165) is 6.42 Å². The smallest absolute Gasteiger partial charge is 0.289 e. The summed E-state index contributed by atoms with van der Waals surface area (Å²) < 4.78 is 5.18. The van der Waals surface area contributed by atoms with E-state index >= 15 is 0 Å². The van der Waals surface area contributed by atoms with Crippen molar-refractivity contribution in [3.63, 3.8) is 0 Å². The Hall–Kier alpha value is -3.16. The lowest BCUT2D eigenvalue weighted by Gasteiger charge is -2.35. The van der Waals surface area contributed by atoms with Gasteiger partial charge in [-0.15, -0.1) is 0 Å². The molecule has 0 aliphatic carbocycles. The van der Waals surface area contributed by atoms with Crippen molar-refractivity contribution >= 4 is 17.5 Å². The first-order valence-electron chi connectivity index (χ1n) is 9.22. The lowest BCUT2D eigenvalue weighted by molar-refractivity contribution is -0.384. The minimum Gasteiger partial charge on any atom is -0.459 e. The van der Waals surface area contributed by atoms with Crippen molar-refractivity contribution in [2.45, 2.75) is 25.8 Å². The maximum Gasteiger partial charge on any atom is 0.289 e. The van der Waals surface area contributed by atoms with Crippen LogP contribution in [0.25, 0.3) is 0 Å². The Bertz CT molecular complexity index is 864. The van der Waals surface area contributed by atoms with E-state index in [2.05, 4.69) is 0 Å². The highest BCUT2D eigenvalue weighted by Gasteiger charge is 2.33. The molecule has 2 unspecified atom stereocenters. The van der Waals surface area contributed by atoms with E-state index in [1.807, 2.05) is 6.92 Å². The molecule has 28 heavy (non-hydrogen) atoms. The molecule has 1 saturated heterocycles. The molecule has 0 radical (unpaired) electrons. The summed E-state index contributed by atoms with van der Waals surface area (Å²) in [6.45, 7) is 2.77. The predicted molar refractivity (Wildman–Crippen MR) is 102 cm³/mol. The average molecular weight is 385 g/mol. The number of nitrogens with zero attached hydrogens (tertiary/aromatic N) is 3. The number of carbonyl (C=O) groups excluding carboxylic acids is 2. The number of amides is 2. The van der Waals surface area contributed by atoms with Gasteiger partial charge in [0, 0.05) is 32.3 Å². The number of rotatable bonds is 5. The fourth-order valence-corrected chi connectivity index (χ4v) is 3.52. The first-order chi connectivity index (χ1) is 13.4. The van der Waals surface area contributed by atoms with Gasteiger partial charge in [0.05, 0.1) is 23.1 Å². The quantitative estimate of drug-likeness (QED) is 0.581. The van der Waals surface area contributed by atoms with Crippen LogP contribution in [0.2, 0.25) is 0 Å². The average Bonchev–Trinajstić information content (AvgIpc) is 3.26. The van der Waals surface area contributed by atoms with Gasteiger partial charge in [0.15, 0.2) is 5.76 Å². The van der Waals surface area contributed by atoms with Crippen LogP contribution in [0.5, 0.6) is 0 Å². The summed E-state index contributed by atoms with van der Waals surface area (Å²) in [5, 5.41) is 11.0. The minimum atomic E-state index is -0.447. The summed E-state index contributed by atoms with van der Waals surface area (Å²) >= 11 is 0. The van der Waals surface area contributed by atoms with Gasteiger partial charge in [-0.3, -0.25) is 19.7 Å². The van der Waals surface area contributed by atoms with Crippen molar-refractivity contribution in [2.24, 2.45) is 5.92 Å². The highest BCUT2D eigenvalue weighted by molar-refractivity contribution is 5.92. The van der Waals surface area contributed by atoms with Crippen molar-refractivity contribution < 1.29 is 18.9 Å². The van der Waals surface area contributed by atoms with E-state index in [-0.39, 0.29) is 35.2 Å². The zero-order valence-electron chi connectivity index (χ0n) is 15.9. The van der Waals surface area contributed by atoms with Gasteiger partial charge in [-0.2, -0.15) is 0 Å². The largest absolute Gasteiger partial charge is 0.459 e. The van der Waals surface area contributed by atoms with Crippen molar-refractivity contribution in [1.82, 2.24) is 9.80 Å². The molecule has 8 heteroatoms. The Kier molecular flexibility index (Phi) is 5.77. The van der Waals surface area contributed by atoms with E-state index in [1.54, 1.807) is 41.1 Å². The van der Waals surface area contributed by atoms with Crippen LogP contribution in [0.3, 0.4) is 0 Å². The van der Waals surface area contributed by atoms with E-state index < -0.39 is 4.92 Å². The zero-order valence-corrected chi connectivity index (χ0v) is 15.9. The lowest BCUT2D eigenvalue weighted by atomic mass is 9.95. The third-order valence-electron chi connectivity index (χ3n) is 5.28. The molecule has 1 fully saturated rings. The van der Waals surface area contributed by atoms with Crippen LogP contribution in [0, 0.1) is 16.0 Å². The molecule has 0 saturated carbocycles. The summed E-state index contributed by atoms with van der Waals surface area (Å²) in [5.74, 6) is -0.321. The SMILES string of the molecule is CC(c1cccc([N+](=O)[O-])c1)N(C)C(=O)C1CCCN(C(=O)c2ccco2)C1. The molecule has 0 spiro atoms. The molecule has 1 aliphatic heterocycles. The van der Waals surface area contributed by atoms with Gasteiger partial charge in [0.25, 0.3) is 11.6 Å². The molecular formula is C20H23N3O5. The summed E-state index contributed by atoms with van der Waals surface area (Å²) in [5.41, 5.74) is 0.697. The topological polar surface area (TPSA) is 96.9 Å². The first kappa shape index (κ1) is 19.6. The Morgan fingerprint density at radius 3 is 2.79 bits per heavy atom. The molecule has 0 N–H and O–H groups in total. The Balaban J connectivity index is 1.69. The van der Waals surface area contributed by atoms with Gasteiger partial charge in [0.2, 0.25) is 5.91 Å². The van der Waals surface area contributed by atoms with Crippen molar-refractivity contribution in [3.05, 3.63) is 64.1 Å². The molecule has 8 nitrogen and oxygen atoms in total. The summed E-state index contributed by atoms with van der Waals surface area (Å²) in [6, 6.07) is 9.27. The molecule has 1 aliphatic rings. The first-order valence-corrected chi connectivity index (χ1v) is 9.22. The molecule has 2 heterocycles. The van der Waals surface area contributed by atoms with Crippen LogP contribution in [-0.2, 0) is 4.79 Å². The van der Waals surface area contributed by atoms with E-state index in [9.17, 15) is 19.7 Å². The molecule has 3 rings (SSSR count). The third-order valence-corrected chi connectivity index (χ3v) is 5.28. The van der Waals surface area contributed by atoms with Crippen LogP contribution in [0.4, 0.5) is 5.69 Å². The third kappa shape index (κ3) is 4.05. The van der Waals surface area contributed by atoms with Crippen LogP contribution in [-0.4, -0.2) is 46.7 Å². The summed E-state index contributed by atoms with van der Waals surface area (Å²) in [6.07, 6.45) is 2.89. The molecule has 148 valence electrons. The fraction of sp³-hybridized carbons (Fsp3) is 0.400. The summed E-state index contributed by atoms with van der Waals surface area (Å²) in [4.78, 5) is 39.3. The minimum absolute atomic E-state index is 0.00177. The van der Waals surface area contributed by atoms with Crippen LogP contribution >= 0.6 is 0 Å². The molecule has 0 bridgehead atoms. The van der Waals surface area contributed by atoms with Gasteiger partial charge >= 0.3 is 0 Å². The van der Waals surface area contributed by atoms with Crippen molar-refractivity contribution in [3.8, 4) is 0 Å². The Morgan fingerprint density at radius 1 is 1.32 bits per heavy atom. The van der Waals surface area contributed by atoms with E-state index in [0.29, 0.717) is 25.1 Å². The van der Waals surface area contributed by atoms with Crippen LogP contribution in [0.1, 0.15) is 41.9 Å². The normalized spacial score (nSPS) is 17.8. The van der Waals surface area contributed by atoms with E-state index in [1.165, 1.54) is 18.4 Å². The van der Waals surface area contributed by atoms with Gasteiger partial charge < -0.3 is 14.2 Å². The summed E-state index contributed by atoms with van der Waals surface area (Å²) in [7, 11) is 1.69. The van der Waals surface area contributed by atoms with Gasteiger partial charge in [-0.25, -0.2) is 0 Å². The van der Waals surface area contributed by atoms with Gasteiger partial charge in [0.1, 0.15) is 0 Å².